The molecule has 0 spiro atoms. The van der Waals surface area contributed by atoms with E-state index in [0.29, 0.717) is 38.5 Å². The maximum absolute atomic E-state index is 13.4. The average molecular weight is 499 g/mol. The molecule has 6 nitrogen and oxygen atoms in total. The van der Waals surface area contributed by atoms with Crippen LogP contribution in [0.15, 0.2) is 41.4 Å². The molecule has 1 aromatic heterocycles. The van der Waals surface area contributed by atoms with Crippen molar-refractivity contribution in [3.8, 4) is 17.2 Å². The molecule has 3 aromatic rings. The molecule has 0 saturated heterocycles. The number of fused-ring (bicyclic) bond motifs is 1. The Kier molecular flexibility index (Phi) is 7.75. The van der Waals surface area contributed by atoms with Crippen LogP contribution in [-0.2, 0) is 12.8 Å². The summed E-state index contributed by atoms with van der Waals surface area (Å²) < 4.78 is 16.3. The van der Waals surface area contributed by atoms with E-state index in [4.69, 9.17) is 30.8 Å². The molecular formula is C26H27ClN2O4S. The number of thiophene rings is 1. The first-order valence-corrected chi connectivity index (χ1v) is 12.3. The van der Waals surface area contributed by atoms with Crippen LogP contribution in [-0.4, -0.2) is 33.5 Å². The highest BCUT2D eigenvalue weighted by atomic mass is 35.5. The van der Waals surface area contributed by atoms with E-state index in [0.717, 1.165) is 43.2 Å². The quantitative estimate of drug-likeness (QED) is 0.290. The van der Waals surface area contributed by atoms with Gasteiger partial charge in [0.2, 0.25) is 0 Å². The summed E-state index contributed by atoms with van der Waals surface area (Å²) in [5.41, 5.74) is 3.12. The number of hydrogen-bond donors (Lipinski definition) is 1. The van der Waals surface area contributed by atoms with E-state index in [-0.39, 0.29) is 5.91 Å². The number of carbonyl (C=O) groups is 1. The Morgan fingerprint density at radius 2 is 1.74 bits per heavy atom. The maximum Gasteiger partial charge on any atom is 0.259 e. The molecule has 0 fully saturated rings. The number of aliphatic imine (C=N–C) groups is 1. The molecule has 34 heavy (non-hydrogen) atoms. The molecule has 1 N–H and O–H groups in total. The Bertz CT molecular complexity index is 1220. The molecule has 1 aliphatic rings. The van der Waals surface area contributed by atoms with E-state index >= 15 is 0 Å². The standard InChI is InChI=1S/C26H27ClN2O4S/c1-31-20-14-22(33-3)21(32-2)12-16(20)15-28-26-24(19-10-5-4-6-11-23(19)34-26)25(30)29-18-9-7-8-17(27)13-18/h7-9,12-15H,4-6,10-11H2,1-3H3,(H,29,30). The lowest BCUT2D eigenvalue weighted by molar-refractivity contribution is 0.102. The lowest BCUT2D eigenvalue weighted by Gasteiger charge is -2.12. The minimum absolute atomic E-state index is 0.173. The molecule has 1 heterocycles. The van der Waals surface area contributed by atoms with Crippen LogP contribution in [0, 0.1) is 0 Å². The van der Waals surface area contributed by atoms with Crippen molar-refractivity contribution in [1.29, 1.82) is 0 Å². The number of hydrogen-bond acceptors (Lipinski definition) is 6. The Balaban J connectivity index is 1.73. The number of carbonyl (C=O) groups excluding carboxylic acids is 1. The van der Waals surface area contributed by atoms with E-state index in [9.17, 15) is 4.79 Å². The third-order valence-corrected chi connectivity index (χ3v) is 7.20. The number of amides is 1. The Morgan fingerprint density at radius 1 is 1.00 bits per heavy atom. The lowest BCUT2D eigenvalue weighted by atomic mass is 10.0. The van der Waals surface area contributed by atoms with Gasteiger partial charge >= 0.3 is 0 Å². The van der Waals surface area contributed by atoms with Crippen LogP contribution in [0.5, 0.6) is 17.2 Å². The molecule has 8 heteroatoms. The predicted molar refractivity (Wildman–Crippen MR) is 138 cm³/mol. The van der Waals surface area contributed by atoms with Gasteiger partial charge in [-0.2, -0.15) is 0 Å². The minimum atomic E-state index is -0.173. The van der Waals surface area contributed by atoms with Gasteiger partial charge in [0.25, 0.3) is 5.91 Å². The van der Waals surface area contributed by atoms with Gasteiger partial charge in [0.15, 0.2) is 11.5 Å². The average Bonchev–Trinajstić information content (AvgIpc) is 3.03. The largest absolute Gasteiger partial charge is 0.496 e. The summed E-state index contributed by atoms with van der Waals surface area (Å²) in [5, 5.41) is 4.25. The van der Waals surface area contributed by atoms with Crippen LogP contribution in [0.3, 0.4) is 0 Å². The molecule has 0 atom stereocenters. The normalized spacial score (nSPS) is 13.3. The third kappa shape index (κ3) is 5.21. The number of ether oxygens (including phenoxy) is 3. The number of benzene rings is 2. The number of anilines is 1. The van der Waals surface area contributed by atoms with Gasteiger partial charge in [-0.15, -0.1) is 11.3 Å². The zero-order chi connectivity index (χ0) is 24.1. The molecule has 2 aromatic carbocycles. The predicted octanol–water partition coefficient (Wildman–Crippen LogP) is 6.70. The monoisotopic (exact) mass is 498 g/mol. The fourth-order valence-electron chi connectivity index (χ4n) is 4.10. The first-order valence-electron chi connectivity index (χ1n) is 11.1. The molecule has 0 radical (unpaired) electrons. The topological polar surface area (TPSA) is 69.1 Å². The molecule has 0 aliphatic heterocycles. The SMILES string of the molecule is COc1cc(OC)c(OC)cc1C=Nc1sc2c(c1C(=O)Nc1cccc(Cl)c1)CCCCC2. The number of nitrogens with one attached hydrogen (secondary N) is 1. The molecule has 0 bridgehead atoms. The summed E-state index contributed by atoms with van der Waals surface area (Å²) in [5.74, 6) is 1.57. The molecule has 0 unspecified atom stereocenters. The van der Waals surface area contributed by atoms with Crippen LogP contribution >= 0.6 is 22.9 Å². The van der Waals surface area contributed by atoms with Gasteiger partial charge in [0.1, 0.15) is 10.8 Å². The molecular weight excluding hydrogens is 472 g/mol. The number of halogens is 1. The molecule has 1 aliphatic carbocycles. The summed E-state index contributed by atoms with van der Waals surface area (Å²) in [7, 11) is 4.75. The number of rotatable bonds is 7. The lowest BCUT2D eigenvalue weighted by Crippen LogP contribution is -2.13. The summed E-state index contributed by atoms with van der Waals surface area (Å²) >= 11 is 7.70. The van der Waals surface area contributed by atoms with Gasteiger partial charge in [-0.3, -0.25) is 4.79 Å². The fourth-order valence-corrected chi connectivity index (χ4v) is 5.52. The maximum atomic E-state index is 13.4. The Morgan fingerprint density at radius 3 is 2.47 bits per heavy atom. The highest BCUT2D eigenvalue weighted by Crippen LogP contribution is 2.40. The van der Waals surface area contributed by atoms with E-state index < -0.39 is 0 Å². The van der Waals surface area contributed by atoms with Gasteiger partial charge in [-0.25, -0.2) is 4.99 Å². The van der Waals surface area contributed by atoms with Gasteiger partial charge in [0, 0.05) is 33.4 Å². The van der Waals surface area contributed by atoms with E-state index in [1.54, 1.807) is 57.1 Å². The first kappa shape index (κ1) is 24.1. The van der Waals surface area contributed by atoms with Crippen molar-refractivity contribution in [2.45, 2.75) is 32.1 Å². The van der Waals surface area contributed by atoms with Gasteiger partial charge in [-0.05, 0) is 55.5 Å². The molecule has 1 amide bonds. The van der Waals surface area contributed by atoms with Crippen molar-refractivity contribution in [2.24, 2.45) is 4.99 Å². The third-order valence-electron chi connectivity index (χ3n) is 5.77. The van der Waals surface area contributed by atoms with Crippen molar-refractivity contribution >= 4 is 45.7 Å². The van der Waals surface area contributed by atoms with Crippen molar-refractivity contribution in [1.82, 2.24) is 0 Å². The van der Waals surface area contributed by atoms with Crippen LogP contribution in [0.25, 0.3) is 0 Å². The molecule has 4 rings (SSSR count). The van der Waals surface area contributed by atoms with Crippen molar-refractivity contribution < 1.29 is 19.0 Å². The van der Waals surface area contributed by atoms with E-state index in [1.165, 1.54) is 4.88 Å². The summed E-state index contributed by atoms with van der Waals surface area (Å²) in [6, 6.07) is 10.7. The second-order valence-electron chi connectivity index (χ2n) is 7.92. The first-order chi connectivity index (χ1) is 16.5. The highest BCUT2D eigenvalue weighted by Gasteiger charge is 2.25. The van der Waals surface area contributed by atoms with Crippen LogP contribution < -0.4 is 19.5 Å². The minimum Gasteiger partial charge on any atom is -0.496 e. The van der Waals surface area contributed by atoms with Gasteiger partial charge in [-0.1, -0.05) is 24.1 Å². The van der Waals surface area contributed by atoms with Crippen LogP contribution in [0.4, 0.5) is 10.7 Å². The second-order valence-corrected chi connectivity index (χ2v) is 9.44. The molecule has 178 valence electrons. The second kappa shape index (κ2) is 10.9. The number of methoxy groups -OCH3 is 3. The van der Waals surface area contributed by atoms with Crippen LogP contribution in [0.2, 0.25) is 5.02 Å². The Hall–Kier alpha value is -3.03. The van der Waals surface area contributed by atoms with Crippen molar-refractivity contribution in [2.75, 3.05) is 26.6 Å². The number of nitrogens with zero attached hydrogens (tertiary/aromatic N) is 1. The summed E-state index contributed by atoms with van der Waals surface area (Å²) in [6.45, 7) is 0. The van der Waals surface area contributed by atoms with Gasteiger partial charge in [0.05, 0.1) is 26.9 Å². The Labute approximate surface area is 208 Å². The zero-order valence-corrected chi connectivity index (χ0v) is 21.0. The van der Waals surface area contributed by atoms with Gasteiger partial charge < -0.3 is 19.5 Å². The number of aryl methyl sites for hydroxylation is 1. The highest BCUT2D eigenvalue weighted by molar-refractivity contribution is 7.16. The molecule has 0 saturated carbocycles. The van der Waals surface area contributed by atoms with Crippen LogP contribution in [0.1, 0.15) is 45.6 Å². The zero-order valence-electron chi connectivity index (χ0n) is 19.4. The summed E-state index contributed by atoms with van der Waals surface area (Å²) in [6.07, 6.45) is 6.90. The van der Waals surface area contributed by atoms with E-state index in [2.05, 4.69) is 5.32 Å². The van der Waals surface area contributed by atoms with Crippen molar-refractivity contribution in [3.63, 3.8) is 0 Å². The van der Waals surface area contributed by atoms with E-state index in [1.807, 2.05) is 18.2 Å². The smallest absolute Gasteiger partial charge is 0.259 e. The fraction of sp³-hybridized carbons (Fsp3) is 0.308. The summed E-state index contributed by atoms with van der Waals surface area (Å²) in [4.78, 5) is 19.4. The van der Waals surface area contributed by atoms with Crippen molar-refractivity contribution in [3.05, 3.63) is 63.0 Å².